The second-order valence-corrected chi connectivity index (χ2v) is 4.67. The Labute approximate surface area is 124 Å². The van der Waals surface area contributed by atoms with E-state index >= 15 is 0 Å². The van der Waals surface area contributed by atoms with E-state index in [1.54, 1.807) is 6.92 Å². The third kappa shape index (κ3) is 3.28. The number of nitrogens with one attached hydrogen (secondary N) is 2. The van der Waals surface area contributed by atoms with Gasteiger partial charge in [0.2, 0.25) is 0 Å². The standard InChI is InChI=1S/C14H14F3N3O2/c1-8-12(19-7-18-8)13(22)20-11(6-21)9-4-2-3-5-10(9)14(15,16)17/h2-5,7,11,21H,6H2,1H3,(H,18,19)(H,20,22). The van der Waals surface area contributed by atoms with Crippen LogP contribution in [0.15, 0.2) is 30.6 Å². The smallest absolute Gasteiger partial charge is 0.394 e. The van der Waals surface area contributed by atoms with E-state index in [-0.39, 0.29) is 11.3 Å². The van der Waals surface area contributed by atoms with E-state index in [0.29, 0.717) is 5.69 Å². The summed E-state index contributed by atoms with van der Waals surface area (Å²) in [7, 11) is 0. The molecule has 0 radical (unpaired) electrons. The molecule has 5 nitrogen and oxygen atoms in total. The van der Waals surface area contributed by atoms with Gasteiger partial charge in [-0.1, -0.05) is 18.2 Å². The number of hydrogen-bond donors (Lipinski definition) is 3. The Hall–Kier alpha value is -2.35. The summed E-state index contributed by atoms with van der Waals surface area (Å²) in [6.07, 6.45) is -3.27. The Morgan fingerprint density at radius 2 is 2.09 bits per heavy atom. The molecule has 0 saturated carbocycles. The fourth-order valence-corrected chi connectivity index (χ4v) is 2.10. The molecule has 0 spiro atoms. The number of aliphatic hydroxyl groups is 1. The molecule has 22 heavy (non-hydrogen) atoms. The van der Waals surface area contributed by atoms with Crippen LogP contribution in [0.4, 0.5) is 13.2 Å². The first kappa shape index (κ1) is 16.0. The van der Waals surface area contributed by atoms with Gasteiger partial charge >= 0.3 is 6.18 Å². The number of benzene rings is 1. The average Bonchev–Trinajstić information content (AvgIpc) is 2.90. The summed E-state index contributed by atoms with van der Waals surface area (Å²) >= 11 is 0. The summed E-state index contributed by atoms with van der Waals surface area (Å²) in [5.41, 5.74) is -0.534. The van der Waals surface area contributed by atoms with Crippen LogP contribution in [0.1, 0.15) is 33.4 Å². The summed E-state index contributed by atoms with van der Waals surface area (Å²) in [6, 6.07) is 3.62. The number of alkyl halides is 3. The number of aliphatic hydroxyl groups excluding tert-OH is 1. The van der Waals surface area contributed by atoms with E-state index in [4.69, 9.17) is 0 Å². The van der Waals surface area contributed by atoms with Crippen molar-refractivity contribution in [2.75, 3.05) is 6.61 Å². The van der Waals surface area contributed by atoms with Crippen molar-refractivity contribution < 1.29 is 23.1 Å². The lowest BCUT2D eigenvalue weighted by molar-refractivity contribution is -0.138. The highest BCUT2D eigenvalue weighted by Crippen LogP contribution is 2.34. The van der Waals surface area contributed by atoms with Crippen LogP contribution in [0.2, 0.25) is 0 Å². The van der Waals surface area contributed by atoms with Crippen LogP contribution in [0.25, 0.3) is 0 Å². The molecular weight excluding hydrogens is 299 g/mol. The molecule has 1 heterocycles. The summed E-state index contributed by atoms with van der Waals surface area (Å²) in [4.78, 5) is 18.5. The molecular formula is C14H14F3N3O2. The van der Waals surface area contributed by atoms with Gasteiger partial charge in [-0.3, -0.25) is 4.79 Å². The summed E-state index contributed by atoms with van der Waals surface area (Å²) in [5, 5.41) is 11.7. The first-order valence-corrected chi connectivity index (χ1v) is 6.42. The number of amides is 1. The molecule has 0 aliphatic rings. The van der Waals surface area contributed by atoms with Crippen molar-refractivity contribution in [2.45, 2.75) is 19.1 Å². The third-order valence-corrected chi connectivity index (χ3v) is 3.17. The maximum atomic E-state index is 13.0. The van der Waals surface area contributed by atoms with Crippen LogP contribution in [-0.2, 0) is 6.18 Å². The second-order valence-electron chi connectivity index (χ2n) is 4.67. The molecule has 3 N–H and O–H groups in total. The molecule has 0 aliphatic carbocycles. The molecule has 0 aliphatic heterocycles. The van der Waals surface area contributed by atoms with Crippen LogP contribution in [0, 0.1) is 6.92 Å². The number of aromatic amines is 1. The lowest BCUT2D eigenvalue weighted by Crippen LogP contribution is -2.32. The van der Waals surface area contributed by atoms with E-state index in [0.717, 1.165) is 6.07 Å². The topological polar surface area (TPSA) is 78.0 Å². The van der Waals surface area contributed by atoms with Gasteiger partial charge in [-0.05, 0) is 18.6 Å². The number of carbonyl (C=O) groups excluding carboxylic acids is 1. The molecule has 1 amide bonds. The van der Waals surface area contributed by atoms with Gasteiger partial charge in [0, 0.05) is 5.69 Å². The number of aromatic nitrogens is 2. The van der Waals surface area contributed by atoms with Crippen molar-refractivity contribution >= 4 is 5.91 Å². The zero-order valence-electron chi connectivity index (χ0n) is 11.6. The minimum atomic E-state index is -4.57. The highest BCUT2D eigenvalue weighted by molar-refractivity contribution is 5.93. The number of aryl methyl sites for hydroxylation is 1. The molecule has 1 aromatic heterocycles. The molecule has 0 bridgehead atoms. The number of carbonyl (C=O) groups is 1. The Balaban J connectivity index is 2.30. The first-order valence-electron chi connectivity index (χ1n) is 6.42. The van der Waals surface area contributed by atoms with Gasteiger partial charge in [-0.15, -0.1) is 0 Å². The van der Waals surface area contributed by atoms with Crippen LogP contribution < -0.4 is 5.32 Å². The molecule has 2 aromatic rings. The van der Waals surface area contributed by atoms with E-state index in [1.165, 1.54) is 24.5 Å². The molecule has 1 aromatic carbocycles. The van der Waals surface area contributed by atoms with Gasteiger partial charge < -0.3 is 15.4 Å². The fourth-order valence-electron chi connectivity index (χ4n) is 2.10. The lowest BCUT2D eigenvalue weighted by atomic mass is 10.00. The number of halogens is 3. The summed E-state index contributed by atoms with van der Waals surface area (Å²) in [6.45, 7) is 0.946. The minimum Gasteiger partial charge on any atom is -0.394 e. The van der Waals surface area contributed by atoms with Crippen LogP contribution in [-0.4, -0.2) is 27.6 Å². The van der Waals surface area contributed by atoms with Crippen molar-refractivity contribution in [3.63, 3.8) is 0 Å². The lowest BCUT2D eigenvalue weighted by Gasteiger charge is -2.21. The molecule has 118 valence electrons. The zero-order chi connectivity index (χ0) is 16.3. The van der Waals surface area contributed by atoms with E-state index in [1.807, 2.05) is 0 Å². The van der Waals surface area contributed by atoms with Gasteiger partial charge in [0.1, 0.15) is 5.69 Å². The third-order valence-electron chi connectivity index (χ3n) is 3.17. The Kier molecular flexibility index (Phi) is 4.51. The average molecular weight is 313 g/mol. The SMILES string of the molecule is Cc1[nH]cnc1C(=O)NC(CO)c1ccccc1C(F)(F)F. The zero-order valence-corrected chi connectivity index (χ0v) is 11.6. The largest absolute Gasteiger partial charge is 0.416 e. The van der Waals surface area contributed by atoms with Gasteiger partial charge in [0.05, 0.1) is 24.5 Å². The van der Waals surface area contributed by atoms with E-state index in [9.17, 15) is 23.1 Å². The summed E-state index contributed by atoms with van der Waals surface area (Å²) in [5.74, 6) is -0.658. The molecule has 2 rings (SSSR count). The van der Waals surface area contributed by atoms with Crippen molar-refractivity contribution in [3.05, 3.63) is 53.1 Å². The number of H-pyrrole nitrogens is 1. The Morgan fingerprint density at radius 3 is 2.64 bits per heavy atom. The monoisotopic (exact) mass is 313 g/mol. The van der Waals surface area contributed by atoms with Crippen LogP contribution in [0.5, 0.6) is 0 Å². The maximum absolute atomic E-state index is 13.0. The molecule has 1 atom stereocenters. The number of nitrogens with zero attached hydrogens (tertiary/aromatic N) is 1. The van der Waals surface area contributed by atoms with Gasteiger partial charge in [0.15, 0.2) is 0 Å². The van der Waals surface area contributed by atoms with Crippen LogP contribution in [0.3, 0.4) is 0 Å². The predicted octanol–water partition coefficient (Wildman–Crippen LogP) is 2.20. The van der Waals surface area contributed by atoms with Crippen molar-refractivity contribution in [3.8, 4) is 0 Å². The van der Waals surface area contributed by atoms with Crippen molar-refractivity contribution in [2.24, 2.45) is 0 Å². The number of rotatable bonds is 4. The number of hydrogen-bond acceptors (Lipinski definition) is 3. The van der Waals surface area contributed by atoms with Gasteiger partial charge in [-0.2, -0.15) is 13.2 Å². The summed E-state index contributed by atoms with van der Waals surface area (Å²) < 4.78 is 39.0. The van der Waals surface area contributed by atoms with Gasteiger partial charge in [-0.25, -0.2) is 4.98 Å². The second kappa shape index (κ2) is 6.18. The molecule has 0 saturated heterocycles. The predicted molar refractivity (Wildman–Crippen MR) is 72.1 cm³/mol. The number of imidazole rings is 1. The van der Waals surface area contributed by atoms with Crippen molar-refractivity contribution in [1.29, 1.82) is 0 Å². The quantitative estimate of drug-likeness (QED) is 0.810. The van der Waals surface area contributed by atoms with Gasteiger partial charge in [0.25, 0.3) is 5.91 Å². The van der Waals surface area contributed by atoms with E-state index < -0.39 is 30.3 Å². The molecule has 8 heteroatoms. The highest BCUT2D eigenvalue weighted by Gasteiger charge is 2.35. The van der Waals surface area contributed by atoms with E-state index in [2.05, 4.69) is 15.3 Å². The Bertz CT molecular complexity index is 667. The van der Waals surface area contributed by atoms with Crippen molar-refractivity contribution in [1.82, 2.24) is 15.3 Å². The maximum Gasteiger partial charge on any atom is 0.416 e. The first-order chi connectivity index (χ1) is 10.3. The molecule has 0 fully saturated rings. The Morgan fingerprint density at radius 1 is 1.41 bits per heavy atom. The van der Waals surface area contributed by atoms with Crippen LogP contribution >= 0.6 is 0 Å². The minimum absolute atomic E-state index is 0.0722. The molecule has 1 unspecified atom stereocenters. The normalized spacial score (nSPS) is 13.0. The fraction of sp³-hybridized carbons (Fsp3) is 0.286. The highest BCUT2D eigenvalue weighted by atomic mass is 19.4.